The molecule has 2 fully saturated rings. The van der Waals surface area contributed by atoms with Gasteiger partial charge in [-0.05, 0) is 52.7 Å². The van der Waals surface area contributed by atoms with E-state index < -0.39 is 5.97 Å². The van der Waals surface area contributed by atoms with Crippen molar-refractivity contribution in [2.24, 2.45) is 0 Å². The number of aliphatic carboxylic acids is 1. The summed E-state index contributed by atoms with van der Waals surface area (Å²) in [7, 11) is 4.40. The first-order chi connectivity index (χ1) is 8.08. The standard InChI is InChI=1S/C13H24N2O2/c1-14(7-3-4-13(16)17)12-8-10-5-6-11(9-12)15(10)2/h10-12H,3-9H2,1-2H3,(H,16,17). The first kappa shape index (κ1) is 12.8. The van der Waals surface area contributed by atoms with E-state index >= 15 is 0 Å². The van der Waals surface area contributed by atoms with Crippen LogP contribution in [-0.4, -0.2) is 59.6 Å². The molecule has 98 valence electrons. The monoisotopic (exact) mass is 240 g/mol. The Morgan fingerprint density at radius 2 is 1.94 bits per heavy atom. The van der Waals surface area contributed by atoms with Gasteiger partial charge < -0.3 is 14.9 Å². The molecule has 0 aromatic carbocycles. The van der Waals surface area contributed by atoms with Gasteiger partial charge in [0.2, 0.25) is 0 Å². The molecule has 4 nitrogen and oxygen atoms in total. The summed E-state index contributed by atoms with van der Waals surface area (Å²) in [6.45, 7) is 0.917. The molecule has 0 aromatic heterocycles. The summed E-state index contributed by atoms with van der Waals surface area (Å²) in [4.78, 5) is 15.4. The van der Waals surface area contributed by atoms with Crippen LogP contribution < -0.4 is 0 Å². The molecule has 17 heavy (non-hydrogen) atoms. The van der Waals surface area contributed by atoms with E-state index in [1.165, 1.54) is 25.7 Å². The number of nitrogens with zero attached hydrogens (tertiary/aromatic N) is 2. The van der Waals surface area contributed by atoms with Crippen molar-refractivity contribution < 1.29 is 9.90 Å². The highest BCUT2D eigenvalue weighted by molar-refractivity contribution is 5.66. The molecule has 2 bridgehead atoms. The van der Waals surface area contributed by atoms with Gasteiger partial charge in [0, 0.05) is 24.5 Å². The maximum absolute atomic E-state index is 10.5. The van der Waals surface area contributed by atoms with Crippen LogP contribution in [0, 0.1) is 0 Å². The van der Waals surface area contributed by atoms with Crippen molar-refractivity contribution in [3.8, 4) is 0 Å². The number of fused-ring (bicyclic) bond motifs is 2. The zero-order chi connectivity index (χ0) is 12.4. The van der Waals surface area contributed by atoms with Crippen LogP contribution in [-0.2, 0) is 4.79 Å². The topological polar surface area (TPSA) is 43.8 Å². The third-order valence-electron chi connectivity index (χ3n) is 4.60. The second-order valence-electron chi connectivity index (χ2n) is 5.65. The van der Waals surface area contributed by atoms with Gasteiger partial charge >= 0.3 is 5.97 Å². The second kappa shape index (κ2) is 5.36. The molecule has 2 aliphatic rings. The predicted molar refractivity (Wildman–Crippen MR) is 67.1 cm³/mol. The van der Waals surface area contributed by atoms with Crippen LogP contribution in [0.1, 0.15) is 38.5 Å². The van der Waals surface area contributed by atoms with Crippen LogP contribution in [0.15, 0.2) is 0 Å². The Hall–Kier alpha value is -0.610. The SMILES string of the molecule is CN(CCCC(=O)O)C1CC2CCC(C1)N2C. The Kier molecular flexibility index (Phi) is 4.05. The quantitative estimate of drug-likeness (QED) is 0.789. The number of piperidine rings is 1. The average Bonchev–Trinajstić information content (AvgIpc) is 2.52. The minimum atomic E-state index is -0.679. The van der Waals surface area contributed by atoms with E-state index in [0.29, 0.717) is 12.5 Å². The lowest BCUT2D eigenvalue weighted by atomic mass is 9.96. The Morgan fingerprint density at radius 1 is 1.35 bits per heavy atom. The van der Waals surface area contributed by atoms with E-state index in [1.54, 1.807) is 0 Å². The van der Waals surface area contributed by atoms with Crippen LogP contribution in [0.5, 0.6) is 0 Å². The van der Waals surface area contributed by atoms with Crippen molar-refractivity contribution in [2.45, 2.75) is 56.7 Å². The highest BCUT2D eigenvalue weighted by Crippen LogP contribution is 2.35. The number of rotatable bonds is 5. The van der Waals surface area contributed by atoms with E-state index in [0.717, 1.165) is 25.0 Å². The number of carboxylic acids is 1. The zero-order valence-electron chi connectivity index (χ0n) is 10.9. The average molecular weight is 240 g/mol. The number of carboxylic acid groups (broad SMARTS) is 1. The molecular weight excluding hydrogens is 216 g/mol. The first-order valence-electron chi connectivity index (χ1n) is 6.72. The molecule has 0 radical (unpaired) electrons. The third kappa shape index (κ3) is 2.99. The van der Waals surface area contributed by atoms with Gasteiger partial charge in [0.25, 0.3) is 0 Å². The summed E-state index contributed by atoms with van der Waals surface area (Å²) in [6.07, 6.45) is 6.28. The molecule has 1 N–H and O–H groups in total. The molecule has 0 aliphatic carbocycles. The fourth-order valence-corrected chi connectivity index (χ4v) is 3.40. The lowest BCUT2D eigenvalue weighted by Gasteiger charge is -2.40. The van der Waals surface area contributed by atoms with E-state index in [2.05, 4.69) is 23.9 Å². The molecule has 2 aliphatic heterocycles. The lowest BCUT2D eigenvalue weighted by molar-refractivity contribution is -0.137. The van der Waals surface area contributed by atoms with Crippen molar-refractivity contribution in [3.05, 3.63) is 0 Å². The number of hydrogen-bond acceptors (Lipinski definition) is 3. The van der Waals surface area contributed by atoms with E-state index in [9.17, 15) is 4.79 Å². The van der Waals surface area contributed by atoms with Crippen LogP contribution in [0.4, 0.5) is 0 Å². The predicted octanol–water partition coefficient (Wildman–Crippen LogP) is 1.41. The highest BCUT2D eigenvalue weighted by Gasteiger charge is 2.39. The molecule has 0 spiro atoms. The van der Waals surface area contributed by atoms with Gasteiger partial charge in [-0.2, -0.15) is 0 Å². The zero-order valence-corrected chi connectivity index (χ0v) is 10.9. The summed E-state index contributed by atoms with van der Waals surface area (Å²) in [5, 5.41) is 8.64. The summed E-state index contributed by atoms with van der Waals surface area (Å²) in [6, 6.07) is 2.19. The minimum absolute atomic E-state index is 0.295. The van der Waals surface area contributed by atoms with Gasteiger partial charge in [0.15, 0.2) is 0 Å². The fourth-order valence-electron chi connectivity index (χ4n) is 3.40. The summed E-state index contributed by atoms with van der Waals surface area (Å²) in [5.41, 5.74) is 0. The summed E-state index contributed by atoms with van der Waals surface area (Å²) in [5.74, 6) is -0.679. The molecule has 2 saturated heterocycles. The largest absolute Gasteiger partial charge is 0.481 e. The molecule has 2 atom stereocenters. The Balaban J connectivity index is 1.77. The number of hydrogen-bond donors (Lipinski definition) is 1. The minimum Gasteiger partial charge on any atom is -0.481 e. The van der Waals surface area contributed by atoms with Crippen molar-refractivity contribution in [2.75, 3.05) is 20.6 Å². The Morgan fingerprint density at radius 3 is 2.47 bits per heavy atom. The molecule has 0 saturated carbocycles. The van der Waals surface area contributed by atoms with E-state index in [4.69, 9.17) is 5.11 Å². The third-order valence-corrected chi connectivity index (χ3v) is 4.60. The normalized spacial score (nSPS) is 33.2. The molecule has 4 heteroatoms. The van der Waals surface area contributed by atoms with Gasteiger partial charge in [-0.3, -0.25) is 4.79 Å². The van der Waals surface area contributed by atoms with Gasteiger partial charge in [0.05, 0.1) is 0 Å². The molecule has 0 amide bonds. The molecule has 0 aromatic rings. The maximum Gasteiger partial charge on any atom is 0.303 e. The van der Waals surface area contributed by atoms with Crippen LogP contribution in [0.3, 0.4) is 0 Å². The smallest absolute Gasteiger partial charge is 0.303 e. The molecule has 2 heterocycles. The summed E-state index contributed by atoms with van der Waals surface area (Å²) < 4.78 is 0. The Labute approximate surface area is 104 Å². The highest BCUT2D eigenvalue weighted by atomic mass is 16.4. The summed E-state index contributed by atoms with van der Waals surface area (Å²) >= 11 is 0. The molecular formula is C13H24N2O2. The van der Waals surface area contributed by atoms with Crippen molar-refractivity contribution in [1.29, 1.82) is 0 Å². The Bertz CT molecular complexity index is 269. The number of carbonyl (C=O) groups is 1. The van der Waals surface area contributed by atoms with Crippen molar-refractivity contribution >= 4 is 5.97 Å². The van der Waals surface area contributed by atoms with Crippen molar-refractivity contribution in [1.82, 2.24) is 9.80 Å². The molecule has 2 rings (SSSR count). The second-order valence-corrected chi connectivity index (χ2v) is 5.65. The van der Waals surface area contributed by atoms with Gasteiger partial charge in [0.1, 0.15) is 0 Å². The van der Waals surface area contributed by atoms with Crippen LogP contribution >= 0.6 is 0 Å². The van der Waals surface area contributed by atoms with Crippen LogP contribution in [0.25, 0.3) is 0 Å². The molecule has 2 unspecified atom stereocenters. The van der Waals surface area contributed by atoms with Crippen molar-refractivity contribution in [3.63, 3.8) is 0 Å². The van der Waals surface area contributed by atoms with Gasteiger partial charge in [-0.1, -0.05) is 0 Å². The van der Waals surface area contributed by atoms with Gasteiger partial charge in [-0.25, -0.2) is 0 Å². The maximum atomic E-state index is 10.5. The van der Waals surface area contributed by atoms with E-state index in [-0.39, 0.29) is 0 Å². The van der Waals surface area contributed by atoms with E-state index in [1.807, 2.05) is 0 Å². The first-order valence-corrected chi connectivity index (χ1v) is 6.72. The van der Waals surface area contributed by atoms with Gasteiger partial charge in [-0.15, -0.1) is 0 Å². The lowest BCUT2D eigenvalue weighted by Crippen LogP contribution is -2.48. The van der Waals surface area contributed by atoms with Crippen LogP contribution in [0.2, 0.25) is 0 Å². The fraction of sp³-hybridized carbons (Fsp3) is 0.923.